The Kier molecular flexibility index (Phi) is 3.00. The van der Waals surface area contributed by atoms with E-state index in [0.29, 0.717) is 11.5 Å². The number of carbonyl (C=O) groups excluding carboxylic acids is 1. The summed E-state index contributed by atoms with van der Waals surface area (Å²) in [6.07, 6.45) is 1.51. The highest BCUT2D eigenvalue weighted by Crippen LogP contribution is 2.20. The minimum Gasteiger partial charge on any atom is -0.382 e. The third-order valence-electron chi connectivity index (χ3n) is 2.16. The zero-order valence-corrected chi connectivity index (χ0v) is 9.34. The van der Waals surface area contributed by atoms with E-state index in [-0.39, 0.29) is 11.7 Å². The summed E-state index contributed by atoms with van der Waals surface area (Å²) in [4.78, 5) is 19.2. The molecule has 5 heteroatoms. The molecule has 2 rings (SSSR count). The van der Waals surface area contributed by atoms with Crippen LogP contribution < -0.4 is 11.1 Å². The molecule has 0 spiro atoms. The van der Waals surface area contributed by atoms with Crippen molar-refractivity contribution < 1.29 is 4.79 Å². The largest absolute Gasteiger partial charge is 0.382 e. The average Bonchev–Trinajstić information content (AvgIpc) is 2.32. The summed E-state index contributed by atoms with van der Waals surface area (Å²) < 4.78 is 0. The van der Waals surface area contributed by atoms with Gasteiger partial charge >= 0.3 is 0 Å². The van der Waals surface area contributed by atoms with Gasteiger partial charge in [0.1, 0.15) is 5.69 Å². The summed E-state index contributed by atoms with van der Waals surface area (Å²) in [5.74, 6) is 0.596. The number of hydrogen-bond acceptors (Lipinski definition) is 4. The van der Waals surface area contributed by atoms with Gasteiger partial charge in [-0.1, -0.05) is 30.3 Å². The molecular formula is C12H12N4O. The molecule has 86 valence electrons. The maximum atomic E-state index is 10.9. The molecule has 0 unspecified atom stereocenters. The van der Waals surface area contributed by atoms with E-state index in [1.54, 1.807) is 0 Å². The van der Waals surface area contributed by atoms with Crippen LogP contribution in [0.15, 0.2) is 36.5 Å². The molecule has 5 nitrogen and oxygen atoms in total. The number of hydrogen-bond donors (Lipinski definition) is 2. The Morgan fingerprint density at radius 3 is 2.59 bits per heavy atom. The topological polar surface area (TPSA) is 80.9 Å². The third kappa shape index (κ3) is 2.57. The number of amides is 1. The summed E-state index contributed by atoms with van der Waals surface area (Å²) in [6.45, 7) is 1.41. The lowest BCUT2D eigenvalue weighted by molar-refractivity contribution is -0.114. The first-order valence-electron chi connectivity index (χ1n) is 5.12. The van der Waals surface area contributed by atoms with Crippen LogP contribution in [0.3, 0.4) is 0 Å². The lowest BCUT2D eigenvalue weighted by Crippen LogP contribution is -2.10. The van der Waals surface area contributed by atoms with E-state index >= 15 is 0 Å². The average molecular weight is 228 g/mol. The number of nitrogens with one attached hydrogen (secondary N) is 1. The van der Waals surface area contributed by atoms with Crippen LogP contribution in [-0.4, -0.2) is 15.9 Å². The Balaban J connectivity index is 2.34. The summed E-state index contributed by atoms with van der Waals surface area (Å²) in [5.41, 5.74) is 7.05. The molecule has 1 heterocycles. The smallest absolute Gasteiger partial charge is 0.221 e. The second kappa shape index (κ2) is 4.61. The standard InChI is InChI=1S/C12H12N4O/c1-8(17)15-10-7-14-12(16-11(10)13)9-5-3-2-4-6-9/h2-7H,1H3,(H,15,17)(H2,13,14,16). The summed E-state index contributed by atoms with van der Waals surface area (Å²) in [7, 11) is 0. The summed E-state index contributed by atoms with van der Waals surface area (Å²) in [5, 5.41) is 2.56. The van der Waals surface area contributed by atoms with E-state index in [4.69, 9.17) is 5.73 Å². The molecule has 0 aliphatic carbocycles. The number of aromatic nitrogens is 2. The molecule has 0 aliphatic rings. The van der Waals surface area contributed by atoms with Crippen molar-refractivity contribution in [3.8, 4) is 11.4 Å². The van der Waals surface area contributed by atoms with Crippen LogP contribution in [0, 0.1) is 0 Å². The van der Waals surface area contributed by atoms with Gasteiger partial charge in [-0.3, -0.25) is 4.79 Å². The number of benzene rings is 1. The highest BCUT2D eigenvalue weighted by atomic mass is 16.1. The molecule has 1 amide bonds. The van der Waals surface area contributed by atoms with Gasteiger partial charge in [0.25, 0.3) is 0 Å². The molecule has 0 bridgehead atoms. The number of nitrogens with two attached hydrogens (primary N) is 1. The molecule has 0 atom stereocenters. The fourth-order valence-corrected chi connectivity index (χ4v) is 1.41. The number of anilines is 2. The number of nitrogen functional groups attached to an aromatic ring is 1. The van der Waals surface area contributed by atoms with E-state index in [1.807, 2.05) is 30.3 Å². The summed E-state index contributed by atoms with van der Waals surface area (Å²) in [6, 6.07) is 9.51. The van der Waals surface area contributed by atoms with Crippen LogP contribution in [0.1, 0.15) is 6.92 Å². The SMILES string of the molecule is CC(=O)Nc1cnc(-c2ccccc2)nc1N. The lowest BCUT2D eigenvalue weighted by atomic mass is 10.2. The Hall–Kier alpha value is -2.43. The Morgan fingerprint density at radius 1 is 1.29 bits per heavy atom. The van der Waals surface area contributed by atoms with Gasteiger partial charge < -0.3 is 11.1 Å². The van der Waals surface area contributed by atoms with Crippen LogP contribution in [-0.2, 0) is 4.79 Å². The number of carbonyl (C=O) groups is 1. The van der Waals surface area contributed by atoms with Crippen molar-refractivity contribution in [1.82, 2.24) is 9.97 Å². The van der Waals surface area contributed by atoms with E-state index in [1.165, 1.54) is 13.1 Å². The van der Waals surface area contributed by atoms with Crippen molar-refractivity contribution in [3.63, 3.8) is 0 Å². The van der Waals surface area contributed by atoms with E-state index in [2.05, 4.69) is 15.3 Å². The molecule has 0 aliphatic heterocycles. The van der Waals surface area contributed by atoms with Crippen LogP contribution in [0.5, 0.6) is 0 Å². The van der Waals surface area contributed by atoms with Crippen LogP contribution in [0.4, 0.5) is 11.5 Å². The van der Waals surface area contributed by atoms with E-state index < -0.39 is 0 Å². The Morgan fingerprint density at radius 2 is 2.00 bits per heavy atom. The van der Waals surface area contributed by atoms with Gasteiger partial charge in [0.15, 0.2) is 11.6 Å². The van der Waals surface area contributed by atoms with Crippen molar-refractivity contribution in [3.05, 3.63) is 36.5 Å². The van der Waals surface area contributed by atoms with Gasteiger partial charge in [-0.25, -0.2) is 9.97 Å². The van der Waals surface area contributed by atoms with Crippen molar-refractivity contribution in [1.29, 1.82) is 0 Å². The van der Waals surface area contributed by atoms with Crippen molar-refractivity contribution in [2.24, 2.45) is 0 Å². The maximum absolute atomic E-state index is 10.9. The third-order valence-corrected chi connectivity index (χ3v) is 2.16. The fourth-order valence-electron chi connectivity index (χ4n) is 1.41. The van der Waals surface area contributed by atoms with E-state index in [9.17, 15) is 4.79 Å². The van der Waals surface area contributed by atoms with Gasteiger partial charge in [-0.15, -0.1) is 0 Å². The Bertz CT molecular complexity index is 539. The van der Waals surface area contributed by atoms with Crippen LogP contribution in [0.25, 0.3) is 11.4 Å². The quantitative estimate of drug-likeness (QED) is 0.819. The zero-order chi connectivity index (χ0) is 12.3. The second-order valence-corrected chi connectivity index (χ2v) is 3.54. The van der Waals surface area contributed by atoms with E-state index in [0.717, 1.165) is 5.56 Å². The van der Waals surface area contributed by atoms with Gasteiger partial charge in [0.2, 0.25) is 5.91 Å². The number of nitrogens with zero attached hydrogens (tertiary/aromatic N) is 2. The van der Waals surface area contributed by atoms with Crippen molar-refractivity contribution in [2.75, 3.05) is 11.1 Å². The fraction of sp³-hybridized carbons (Fsp3) is 0.0833. The number of rotatable bonds is 2. The molecule has 1 aromatic heterocycles. The molecule has 2 aromatic rings. The van der Waals surface area contributed by atoms with Crippen molar-refractivity contribution in [2.45, 2.75) is 6.92 Å². The first kappa shape index (κ1) is 11.1. The molecule has 0 saturated carbocycles. The molecule has 0 radical (unpaired) electrons. The highest BCUT2D eigenvalue weighted by molar-refractivity contribution is 5.91. The van der Waals surface area contributed by atoms with Crippen molar-refractivity contribution >= 4 is 17.4 Å². The van der Waals surface area contributed by atoms with Crippen LogP contribution >= 0.6 is 0 Å². The molecular weight excluding hydrogens is 216 g/mol. The molecule has 17 heavy (non-hydrogen) atoms. The summed E-state index contributed by atoms with van der Waals surface area (Å²) >= 11 is 0. The van der Waals surface area contributed by atoms with Gasteiger partial charge in [0.05, 0.1) is 6.20 Å². The second-order valence-electron chi connectivity index (χ2n) is 3.54. The minimum atomic E-state index is -0.201. The molecule has 0 fully saturated rings. The lowest BCUT2D eigenvalue weighted by Gasteiger charge is -2.06. The molecule has 0 saturated heterocycles. The zero-order valence-electron chi connectivity index (χ0n) is 9.34. The molecule has 1 aromatic carbocycles. The predicted octanol–water partition coefficient (Wildman–Crippen LogP) is 1.68. The first-order chi connectivity index (χ1) is 8.16. The highest BCUT2D eigenvalue weighted by Gasteiger charge is 2.06. The maximum Gasteiger partial charge on any atom is 0.221 e. The minimum absolute atomic E-state index is 0.201. The van der Waals surface area contributed by atoms with Gasteiger partial charge in [-0.05, 0) is 0 Å². The van der Waals surface area contributed by atoms with Gasteiger partial charge in [-0.2, -0.15) is 0 Å². The predicted molar refractivity (Wildman–Crippen MR) is 66.2 cm³/mol. The molecule has 3 N–H and O–H groups in total. The van der Waals surface area contributed by atoms with Crippen LogP contribution in [0.2, 0.25) is 0 Å². The van der Waals surface area contributed by atoms with Gasteiger partial charge in [0, 0.05) is 12.5 Å². The normalized spacial score (nSPS) is 9.94. The Labute approximate surface area is 98.7 Å². The first-order valence-corrected chi connectivity index (χ1v) is 5.12. The monoisotopic (exact) mass is 228 g/mol.